The predicted molar refractivity (Wildman–Crippen MR) is 95.8 cm³/mol. The largest absolute Gasteiger partial charge is 0.347 e. The van der Waals surface area contributed by atoms with Gasteiger partial charge in [-0.1, -0.05) is 30.3 Å². The normalized spacial score (nSPS) is 11.3. The highest BCUT2D eigenvalue weighted by Crippen LogP contribution is 2.03. The minimum atomic E-state index is -0.850. The molecule has 0 aliphatic carbocycles. The Morgan fingerprint density at radius 2 is 1.62 bits per heavy atom. The SMILES string of the molecule is CNNCC(=O)NCC(=O)NC(Cc1ccccc1)C(=O)NCC(C)=O. The summed E-state index contributed by atoms with van der Waals surface area (Å²) in [5, 5.41) is 7.52. The Hall–Kier alpha value is -2.78. The molecule has 1 rings (SSSR count). The molecule has 5 N–H and O–H groups in total. The van der Waals surface area contributed by atoms with E-state index in [0.29, 0.717) is 0 Å². The first-order valence-electron chi connectivity index (χ1n) is 8.19. The van der Waals surface area contributed by atoms with Crippen molar-refractivity contribution in [1.82, 2.24) is 26.8 Å². The zero-order chi connectivity index (χ0) is 19.4. The first kappa shape index (κ1) is 21.3. The van der Waals surface area contributed by atoms with Crippen LogP contribution < -0.4 is 26.8 Å². The zero-order valence-corrected chi connectivity index (χ0v) is 14.9. The summed E-state index contributed by atoms with van der Waals surface area (Å²) in [5.74, 6) is -1.51. The number of Topliss-reactive ketones (excluding diaryl/α,β-unsaturated/α-hetero) is 1. The summed E-state index contributed by atoms with van der Waals surface area (Å²) in [5.41, 5.74) is 6.05. The lowest BCUT2D eigenvalue weighted by Crippen LogP contribution is -2.51. The van der Waals surface area contributed by atoms with E-state index < -0.39 is 17.9 Å². The maximum atomic E-state index is 12.3. The van der Waals surface area contributed by atoms with Crippen LogP contribution in [-0.4, -0.2) is 56.2 Å². The molecule has 0 saturated carbocycles. The second-order valence-electron chi connectivity index (χ2n) is 5.61. The molecule has 1 aromatic carbocycles. The molecular weight excluding hydrogens is 338 g/mol. The molecule has 0 radical (unpaired) electrons. The van der Waals surface area contributed by atoms with Gasteiger partial charge in [0.05, 0.1) is 19.6 Å². The number of hydrazine groups is 1. The number of nitrogens with one attached hydrogen (secondary N) is 5. The van der Waals surface area contributed by atoms with Gasteiger partial charge in [0.25, 0.3) is 0 Å². The molecule has 0 bridgehead atoms. The molecule has 0 spiro atoms. The molecule has 142 valence electrons. The summed E-state index contributed by atoms with van der Waals surface area (Å²) in [4.78, 5) is 46.9. The Morgan fingerprint density at radius 1 is 0.923 bits per heavy atom. The smallest absolute Gasteiger partial charge is 0.243 e. The Bertz CT molecular complexity index is 621. The fourth-order valence-electron chi connectivity index (χ4n) is 2.05. The van der Waals surface area contributed by atoms with Gasteiger partial charge in [0, 0.05) is 6.42 Å². The molecule has 9 heteroatoms. The van der Waals surface area contributed by atoms with Gasteiger partial charge in [-0.05, 0) is 19.5 Å². The maximum Gasteiger partial charge on any atom is 0.243 e. The van der Waals surface area contributed by atoms with E-state index in [2.05, 4.69) is 26.8 Å². The van der Waals surface area contributed by atoms with Gasteiger partial charge >= 0.3 is 0 Å². The van der Waals surface area contributed by atoms with Crippen LogP contribution >= 0.6 is 0 Å². The van der Waals surface area contributed by atoms with E-state index in [4.69, 9.17) is 0 Å². The summed E-state index contributed by atoms with van der Waals surface area (Å²) < 4.78 is 0. The lowest BCUT2D eigenvalue weighted by Gasteiger charge is -2.18. The summed E-state index contributed by atoms with van der Waals surface area (Å²) in [6, 6.07) is 8.33. The predicted octanol–water partition coefficient (Wildman–Crippen LogP) is -1.74. The fraction of sp³-hybridized carbons (Fsp3) is 0.412. The van der Waals surface area contributed by atoms with Gasteiger partial charge in [-0.15, -0.1) is 0 Å². The quantitative estimate of drug-likeness (QED) is 0.297. The van der Waals surface area contributed by atoms with E-state index in [1.807, 2.05) is 30.3 Å². The van der Waals surface area contributed by atoms with E-state index in [9.17, 15) is 19.2 Å². The molecule has 0 aromatic heterocycles. The van der Waals surface area contributed by atoms with Crippen molar-refractivity contribution in [2.24, 2.45) is 0 Å². The highest BCUT2D eigenvalue weighted by molar-refractivity contribution is 5.92. The van der Waals surface area contributed by atoms with Gasteiger partial charge in [-0.2, -0.15) is 0 Å². The molecule has 0 aliphatic rings. The monoisotopic (exact) mass is 363 g/mol. The van der Waals surface area contributed by atoms with Gasteiger partial charge in [0.1, 0.15) is 11.8 Å². The van der Waals surface area contributed by atoms with Crippen LogP contribution in [-0.2, 0) is 25.6 Å². The van der Waals surface area contributed by atoms with Crippen molar-refractivity contribution in [2.45, 2.75) is 19.4 Å². The van der Waals surface area contributed by atoms with Crippen LogP contribution in [0.25, 0.3) is 0 Å². The third kappa shape index (κ3) is 8.90. The van der Waals surface area contributed by atoms with Gasteiger partial charge < -0.3 is 16.0 Å². The molecular formula is C17H25N5O4. The van der Waals surface area contributed by atoms with E-state index >= 15 is 0 Å². The Labute approximate surface area is 152 Å². The fourth-order valence-corrected chi connectivity index (χ4v) is 2.05. The topological polar surface area (TPSA) is 128 Å². The number of carbonyl (C=O) groups excluding carboxylic acids is 4. The number of carbonyl (C=O) groups is 4. The van der Waals surface area contributed by atoms with Crippen molar-refractivity contribution in [3.05, 3.63) is 35.9 Å². The summed E-state index contributed by atoms with van der Waals surface area (Å²) >= 11 is 0. The van der Waals surface area contributed by atoms with Gasteiger partial charge in [0.15, 0.2) is 0 Å². The third-order valence-electron chi connectivity index (χ3n) is 3.32. The van der Waals surface area contributed by atoms with Crippen LogP contribution in [0.1, 0.15) is 12.5 Å². The lowest BCUT2D eigenvalue weighted by molar-refractivity contribution is -0.130. The highest BCUT2D eigenvalue weighted by Gasteiger charge is 2.21. The molecule has 1 aromatic rings. The minimum Gasteiger partial charge on any atom is -0.347 e. The summed E-state index contributed by atoms with van der Waals surface area (Å²) in [6.45, 7) is 1.01. The van der Waals surface area contributed by atoms with Gasteiger partial charge in [-0.25, -0.2) is 5.43 Å². The second kappa shape index (κ2) is 11.7. The first-order valence-corrected chi connectivity index (χ1v) is 8.19. The highest BCUT2D eigenvalue weighted by atomic mass is 16.2. The number of hydrogen-bond donors (Lipinski definition) is 5. The zero-order valence-electron chi connectivity index (χ0n) is 14.9. The molecule has 0 heterocycles. The van der Waals surface area contributed by atoms with Crippen LogP contribution in [0.2, 0.25) is 0 Å². The van der Waals surface area contributed by atoms with E-state index in [0.717, 1.165) is 5.56 Å². The van der Waals surface area contributed by atoms with Crippen LogP contribution in [0.5, 0.6) is 0 Å². The Balaban J connectivity index is 2.62. The molecule has 9 nitrogen and oxygen atoms in total. The maximum absolute atomic E-state index is 12.3. The second-order valence-corrected chi connectivity index (χ2v) is 5.61. The average molecular weight is 363 g/mol. The number of benzene rings is 1. The van der Waals surface area contributed by atoms with Gasteiger partial charge in [-0.3, -0.25) is 24.6 Å². The molecule has 0 fully saturated rings. The van der Waals surface area contributed by atoms with Gasteiger partial charge in [0.2, 0.25) is 17.7 Å². The molecule has 1 atom stereocenters. The Morgan fingerprint density at radius 3 is 2.23 bits per heavy atom. The van der Waals surface area contributed by atoms with Crippen LogP contribution in [0, 0.1) is 0 Å². The summed E-state index contributed by atoms with van der Waals surface area (Å²) in [6.07, 6.45) is 0.269. The van der Waals surface area contributed by atoms with E-state index in [1.54, 1.807) is 7.05 Å². The van der Waals surface area contributed by atoms with Crippen molar-refractivity contribution in [3.63, 3.8) is 0 Å². The minimum absolute atomic E-state index is 0.0102. The molecule has 1 unspecified atom stereocenters. The molecule has 0 aliphatic heterocycles. The van der Waals surface area contributed by atoms with Crippen molar-refractivity contribution in [1.29, 1.82) is 0 Å². The molecule has 3 amide bonds. The Kier molecular flexibility index (Phi) is 9.58. The van der Waals surface area contributed by atoms with Crippen LogP contribution in [0.15, 0.2) is 30.3 Å². The number of amides is 3. The molecule has 0 saturated heterocycles. The number of rotatable bonds is 11. The first-order chi connectivity index (χ1) is 12.4. The molecule has 26 heavy (non-hydrogen) atoms. The number of ketones is 1. The van der Waals surface area contributed by atoms with Crippen molar-refractivity contribution >= 4 is 23.5 Å². The number of hydrogen-bond acceptors (Lipinski definition) is 6. The van der Waals surface area contributed by atoms with Crippen molar-refractivity contribution < 1.29 is 19.2 Å². The lowest BCUT2D eigenvalue weighted by atomic mass is 10.1. The van der Waals surface area contributed by atoms with E-state index in [-0.39, 0.29) is 37.7 Å². The van der Waals surface area contributed by atoms with Crippen LogP contribution in [0.3, 0.4) is 0 Å². The van der Waals surface area contributed by atoms with Crippen molar-refractivity contribution in [2.75, 3.05) is 26.7 Å². The summed E-state index contributed by atoms with van der Waals surface area (Å²) in [7, 11) is 1.62. The third-order valence-corrected chi connectivity index (χ3v) is 3.32. The van der Waals surface area contributed by atoms with Crippen molar-refractivity contribution in [3.8, 4) is 0 Å². The average Bonchev–Trinajstić information content (AvgIpc) is 2.63. The van der Waals surface area contributed by atoms with E-state index in [1.165, 1.54) is 6.92 Å². The standard InChI is InChI=1S/C17H25N5O4/c1-12(23)9-20-17(26)14(8-13-6-4-3-5-7-13)22-16(25)10-19-15(24)11-21-18-2/h3-7,14,18,21H,8-11H2,1-2H3,(H,19,24)(H,20,26)(H,22,25). The van der Waals surface area contributed by atoms with Crippen LogP contribution in [0.4, 0.5) is 0 Å².